The molecule has 1 aliphatic carbocycles. The lowest BCUT2D eigenvalue weighted by Crippen LogP contribution is -2.50. The van der Waals surface area contributed by atoms with Crippen LogP contribution in [0.5, 0.6) is 0 Å². The highest BCUT2D eigenvalue weighted by Gasteiger charge is 2.35. The Morgan fingerprint density at radius 3 is 2.48 bits per heavy atom. The van der Waals surface area contributed by atoms with E-state index in [-0.39, 0.29) is 24.2 Å². The van der Waals surface area contributed by atoms with E-state index in [1.165, 1.54) is 4.90 Å². The number of hydrogen-bond acceptors (Lipinski definition) is 6. The summed E-state index contributed by atoms with van der Waals surface area (Å²) in [5.74, 6) is -0.863. The van der Waals surface area contributed by atoms with E-state index in [4.69, 9.17) is 22.1 Å². The number of halogens is 2. The maximum Gasteiger partial charge on any atom is 0.407 e. The van der Waals surface area contributed by atoms with Crippen LogP contribution in [0.2, 0.25) is 5.15 Å². The second-order valence-electron chi connectivity index (χ2n) is 11.3. The standard InChI is InChI=1S/C29H35BrClN5O4/c1-29(2,3)40-28(39)33-16-18-4-8-19(9-5-18)26(37)36(21-12-13-22-24(15-21)34-35-25(22)31)27(38)23(32)14-17-6-10-20(30)11-7-17/h6-7,10-13,15,18-19,23H,4-5,8-9,14,16,32H2,1-3H3,(H,33,39)(H,34,35)/t18-,19-,23-/m0/s1. The molecular weight excluding hydrogens is 598 g/mol. The first-order valence-electron chi connectivity index (χ1n) is 13.4. The molecule has 0 unspecified atom stereocenters. The van der Waals surface area contributed by atoms with Crippen molar-refractivity contribution in [3.05, 3.63) is 57.7 Å². The Balaban J connectivity index is 1.48. The molecule has 4 N–H and O–H groups in total. The summed E-state index contributed by atoms with van der Waals surface area (Å²) in [6.45, 7) is 5.94. The number of benzene rings is 2. The molecule has 214 valence electrons. The number of alkyl carbamates (subject to hydrolysis) is 1. The number of aromatic amines is 1. The molecule has 0 bridgehead atoms. The number of imide groups is 1. The summed E-state index contributed by atoms with van der Waals surface area (Å²) in [5, 5.41) is 10.7. The molecule has 40 heavy (non-hydrogen) atoms. The molecule has 1 atom stereocenters. The van der Waals surface area contributed by atoms with E-state index in [0.717, 1.165) is 22.9 Å². The number of nitrogens with zero attached hydrogens (tertiary/aromatic N) is 2. The van der Waals surface area contributed by atoms with Crippen molar-refractivity contribution in [3.63, 3.8) is 0 Å². The van der Waals surface area contributed by atoms with Crippen LogP contribution in [-0.4, -0.2) is 46.3 Å². The van der Waals surface area contributed by atoms with Gasteiger partial charge in [0.25, 0.3) is 5.91 Å². The molecule has 0 aliphatic heterocycles. The average Bonchev–Trinajstić information content (AvgIpc) is 3.28. The molecule has 0 spiro atoms. The zero-order valence-corrected chi connectivity index (χ0v) is 25.2. The predicted molar refractivity (Wildman–Crippen MR) is 159 cm³/mol. The normalized spacial score (nSPS) is 18.2. The lowest BCUT2D eigenvalue weighted by molar-refractivity contribution is -0.130. The van der Waals surface area contributed by atoms with Crippen molar-refractivity contribution in [2.75, 3.05) is 11.4 Å². The van der Waals surface area contributed by atoms with Crippen LogP contribution in [-0.2, 0) is 20.7 Å². The molecule has 3 amide bonds. The van der Waals surface area contributed by atoms with Gasteiger partial charge in [-0.05, 0) is 94.7 Å². The van der Waals surface area contributed by atoms with Gasteiger partial charge in [-0.2, -0.15) is 5.10 Å². The number of hydrogen-bond donors (Lipinski definition) is 3. The molecule has 2 aromatic carbocycles. The van der Waals surface area contributed by atoms with Gasteiger partial charge >= 0.3 is 6.09 Å². The van der Waals surface area contributed by atoms with Crippen molar-refractivity contribution < 1.29 is 19.1 Å². The summed E-state index contributed by atoms with van der Waals surface area (Å²) in [5.41, 5.74) is 7.76. The van der Waals surface area contributed by atoms with Crippen LogP contribution >= 0.6 is 27.5 Å². The minimum atomic E-state index is -0.916. The summed E-state index contributed by atoms with van der Waals surface area (Å²) >= 11 is 9.56. The molecule has 4 rings (SSSR count). The Labute approximate surface area is 247 Å². The predicted octanol–water partition coefficient (Wildman–Crippen LogP) is 5.74. The van der Waals surface area contributed by atoms with Crippen LogP contribution < -0.4 is 16.0 Å². The van der Waals surface area contributed by atoms with Crippen LogP contribution in [0.3, 0.4) is 0 Å². The van der Waals surface area contributed by atoms with Crippen LogP contribution in [0.4, 0.5) is 10.5 Å². The third kappa shape index (κ3) is 7.62. The summed E-state index contributed by atoms with van der Waals surface area (Å²) in [4.78, 5) is 40.9. The van der Waals surface area contributed by atoms with Gasteiger partial charge in [0, 0.05) is 22.3 Å². The molecular formula is C29H35BrClN5O4. The Morgan fingerprint density at radius 2 is 1.82 bits per heavy atom. The van der Waals surface area contributed by atoms with Crippen molar-refractivity contribution in [3.8, 4) is 0 Å². The van der Waals surface area contributed by atoms with Gasteiger partial charge in [-0.25, -0.2) is 9.69 Å². The molecule has 0 radical (unpaired) electrons. The second-order valence-corrected chi connectivity index (χ2v) is 12.6. The first kappa shape index (κ1) is 30.0. The Kier molecular flexibility index (Phi) is 9.53. The van der Waals surface area contributed by atoms with Gasteiger partial charge < -0.3 is 15.8 Å². The summed E-state index contributed by atoms with van der Waals surface area (Å²) in [7, 11) is 0. The monoisotopic (exact) mass is 631 g/mol. The Morgan fingerprint density at radius 1 is 1.15 bits per heavy atom. The van der Waals surface area contributed by atoms with Crippen LogP contribution in [0, 0.1) is 11.8 Å². The Hall–Kier alpha value is -2.95. The quantitative estimate of drug-likeness (QED) is 0.305. The smallest absolute Gasteiger partial charge is 0.407 e. The number of nitrogens with one attached hydrogen (secondary N) is 2. The number of rotatable bonds is 7. The third-order valence-corrected chi connectivity index (χ3v) is 7.83. The van der Waals surface area contributed by atoms with Crippen molar-refractivity contribution in [1.82, 2.24) is 15.5 Å². The number of carbonyl (C=O) groups is 3. The van der Waals surface area contributed by atoms with Gasteiger partial charge in [-0.1, -0.05) is 39.7 Å². The number of aromatic nitrogens is 2. The fourth-order valence-electron chi connectivity index (χ4n) is 4.94. The van der Waals surface area contributed by atoms with Crippen LogP contribution in [0.1, 0.15) is 52.0 Å². The molecule has 9 nitrogen and oxygen atoms in total. The van der Waals surface area contributed by atoms with E-state index >= 15 is 0 Å². The molecule has 1 aromatic heterocycles. The lowest BCUT2D eigenvalue weighted by atomic mass is 9.81. The maximum atomic E-state index is 13.9. The molecule has 1 heterocycles. The first-order valence-corrected chi connectivity index (χ1v) is 14.6. The maximum absolute atomic E-state index is 13.9. The molecule has 11 heteroatoms. The highest BCUT2D eigenvalue weighted by Crippen LogP contribution is 2.33. The molecule has 0 saturated heterocycles. The average molecular weight is 633 g/mol. The van der Waals surface area contributed by atoms with Gasteiger partial charge in [0.2, 0.25) is 5.91 Å². The first-order chi connectivity index (χ1) is 18.9. The summed E-state index contributed by atoms with van der Waals surface area (Å²) in [6, 6.07) is 11.8. The molecule has 3 aromatic rings. The van der Waals surface area contributed by atoms with E-state index in [0.29, 0.717) is 41.1 Å². The largest absolute Gasteiger partial charge is 0.444 e. The minimum Gasteiger partial charge on any atom is -0.444 e. The molecule has 1 aliphatic rings. The summed E-state index contributed by atoms with van der Waals surface area (Å²) in [6.07, 6.45) is 2.53. The zero-order chi connectivity index (χ0) is 29.0. The highest BCUT2D eigenvalue weighted by atomic mass is 79.9. The van der Waals surface area contributed by atoms with Crippen LogP contribution in [0.25, 0.3) is 10.9 Å². The fraction of sp³-hybridized carbons (Fsp3) is 0.448. The van der Waals surface area contributed by atoms with E-state index in [2.05, 4.69) is 31.4 Å². The van der Waals surface area contributed by atoms with Gasteiger partial charge in [0.1, 0.15) is 5.60 Å². The van der Waals surface area contributed by atoms with Crippen molar-refractivity contribution in [2.45, 2.75) is 64.5 Å². The minimum absolute atomic E-state index is 0.226. The van der Waals surface area contributed by atoms with Crippen molar-refractivity contribution in [1.29, 1.82) is 0 Å². The lowest BCUT2D eigenvalue weighted by Gasteiger charge is -2.32. The third-order valence-electron chi connectivity index (χ3n) is 7.01. The van der Waals surface area contributed by atoms with E-state index in [1.807, 2.05) is 45.0 Å². The zero-order valence-electron chi connectivity index (χ0n) is 22.9. The van der Waals surface area contributed by atoms with E-state index in [1.54, 1.807) is 18.2 Å². The van der Waals surface area contributed by atoms with Gasteiger partial charge in [-0.3, -0.25) is 14.7 Å². The van der Waals surface area contributed by atoms with Gasteiger partial charge in [0.05, 0.1) is 17.2 Å². The topological polar surface area (TPSA) is 130 Å². The van der Waals surface area contributed by atoms with Gasteiger partial charge in [-0.15, -0.1) is 0 Å². The number of anilines is 1. The SMILES string of the molecule is CC(C)(C)OC(=O)NC[C@H]1CC[C@H](C(=O)N(C(=O)[C@@H](N)Cc2ccc(Br)cc2)c2ccc3c(Cl)n[nH]c3c2)CC1. The molecule has 1 fully saturated rings. The number of H-pyrrole nitrogens is 1. The van der Waals surface area contributed by atoms with Crippen molar-refractivity contribution >= 4 is 62.0 Å². The summed E-state index contributed by atoms with van der Waals surface area (Å²) < 4.78 is 6.25. The fourth-order valence-corrected chi connectivity index (χ4v) is 5.41. The van der Waals surface area contributed by atoms with Gasteiger partial charge in [0.15, 0.2) is 5.15 Å². The number of nitrogens with two attached hydrogens (primary N) is 1. The Bertz CT molecular complexity index is 1360. The highest BCUT2D eigenvalue weighted by molar-refractivity contribution is 9.10. The number of ether oxygens (including phenoxy) is 1. The second kappa shape index (κ2) is 12.7. The number of fused-ring (bicyclic) bond motifs is 1. The number of amides is 3. The number of carbonyl (C=O) groups excluding carboxylic acids is 3. The van der Waals surface area contributed by atoms with E-state index < -0.39 is 23.6 Å². The van der Waals surface area contributed by atoms with Crippen molar-refractivity contribution in [2.24, 2.45) is 17.6 Å². The molecule has 1 saturated carbocycles. The van der Waals surface area contributed by atoms with Crippen LogP contribution in [0.15, 0.2) is 46.9 Å². The van der Waals surface area contributed by atoms with E-state index in [9.17, 15) is 14.4 Å².